The minimum atomic E-state index is -5.08. The fraction of sp³-hybridized carbons (Fsp3) is 0.531. The predicted octanol–water partition coefficient (Wildman–Crippen LogP) is 3.23. The molecule has 0 spiro atoms. The van der Waals surface area contributed by atoms with Gasteiger partial charge in [-0.1, -0.05) is 36.4 Å². The fourth-order valence-corrected chi connectivity index (χ4v) is 6.32. The number of carboxylic acids is 1. The lowest BCUT2D eigenvalue weighted by Gasteiger charge is -2.38. The van der Waals surface area contributed by atoms with Crippen LogP contribution in [-0.2, 0) is 25.5 Å². The number of nitrogens with one attached hydrogen (secondary N) is 1. The third kappa shape index (κ3) is 9.41. The second-order valence-electron chi connectivity index (χ2n) is 11.8. The molecule has 1 atom stereocenters. The van der Waals surface area contributed by atoms with E-state index < -0.39 is 24.0 Å². The number of halogens is 3. The average Bonchev–Trinajstić information content (AvgIpc) is 3.50. The summed E-state index contributed by atoms with van der Waals surface area (Å²) in [4.78, 5) is 41.4. The smallest absolute Gasteiger partial charge is 0.475 e. The maximum atomic E-state index is 13.1. The van der Waals surface area contributed by atoms with Crippen LogP contribution in [0.2, 0.25) is 0 Å². The molecule has 3 heterocycles. The van der Waals surface area contributed by atoms with Gasteiger partial charge in [0.05, 0.1) is 0 Å². The minimum absolute atomic E-state index is 0.108. The van der Waals surface area contributed by atoms with Gasteiger partial charge in [-0.25, -0.2) is 4.79 Å². The Hall–Kier alpha value is -3.68. The highest BCUT2D eigenvalue weighted by atomic mass is 19.4. The topological polar surface area (TPSA) is 128 Å². The summed E-state index contributed by atoms with van der Waals surface area (Å²) in [7, 11) is 0. The van der Waals surface area contributed by atoms with Crippen LogP contribution in [0.3, 0.4) is 0 Å². The van der Waals surface area contributed by atoms with E-state index in [2.05, 4.69) is 51.5 Å². The minimum Gasteiger partial charge on any atom is -0.475 e. The van der Waals surface area contributed by atoms with E-state index >= 15 is 0 Å². The monoisotopic (exact) mass is 633 g/mol. The van der Waals surface area contributed by atoms with Gasteiger partial charge in [-0.15, -0.1) is 0 Å². The molecule has 0 saturated carbocycles. The molecule has 2 aromatic rings. The maximum absolute atomic E-state index is 13.1. The predicted molar refractivity (Wildman–Crippen MR) is 164 cm³/mol. The molecule has 10 nitrogen and oxygen atoms in total. The molecule has 3 saturated heterocycles. The Labute approximate surface area is 261 Å². The number of alkyl halides is 3. The summed E-state index contributed by atoms with van der Waals surface area (Å²) < 4.78 is 37.3. The Balaban J connectivity index is 0.000000591. The third-order valence-electron chi connectivity index (χ3n) is 9.00. The largest absolute Gasteiger partial charge is 0.490 e. The molecule has 45 heavy (non-hydrogen) atoms. The lowest BCUT2D eigenvalue weighted by atomic mass is 9.71. The second kappa shape index (κ2) is 15.5. The first kappa shape index (κ1) is 34.2. The molecular weight excluding hydrogens is 591 g/mol. The van der Waals surface area contributed by atoms with Gasteiger partial charge in [-0.2, -0.15) is 13.2 Å². The zero-order valence-electron chi connectivity index (χ0n) is 25.3. The number of rotatable bonds is 7. The van der Waals surface area contributed by atoms with E-state index in [9.17, 15) is 22.8 Å². The van der Waals surface area contributed by atoms with E-state index in [-0.39, 0.29) is 5.41 Å². The molecule has 0 aliphatic carbocycles. The highest BCUT2D eigenvalue weighted by molar-refractivity contribution is 6.39. The van der Waals surface area contributed by atoms with Gasteiger partial charge in [-0.05, 0) is 61.9 Å². The van der Waals surface area contributed by atoms with Gasteiger partial charge in [0.1, 0.15) is 0 Å². The van der Waals surface area contributed by atoms with Crippen LogP contribution in [0.5, 0.6) is 0 Å². The van der Waals surface area contributed by atoms with Gasteiger partial charge in [0.25, 0.3) is 0 Å². The van der Waals surface area contributed by atoms with E-state index in [1.54, 1.807) is 4.90 Å². The summed E-state index contributed by atoms with van der Waals surface area (Å²) in [6, 6.07) is 18.5. The Morgan fingerprint density at radius 2 is 1.64 bits per heavy atom. The van der Waals surface area contributed by atoms with Crippen LogP contribution in [0.15, 0.2) is 54.6 Å². The Bertz CT molecular complexity index is 1280. The molecule has 13 heteroatoms. The van der Waals surface area contributed by atoms with E-state index in [0.717, 1.165) is 77.3 Å². The molecule has 0 aromatic heterocycles. The van der Waals surface area contributed by atoms with Crippen LogP contribution in [0, 0.1) is 11.3 Å². The molecule has 2 aromatic carbocycles. The molecule has 5 rings (SSSR count). The summed E-state index contributed by atoms with van der Waals surface area (Å²) in [6.45, 7) is 8.11. The number of nitrogens with zero attached hydrogens (tertiary/aromatic N) is 3. The van der Waals surface area contributed by atoms with Gasteiger partial charge in [0.15, 0.2) is 0 Å². The van der Waals surface area contributed by atoms with Gasteiger partial charge < -0.3 is 30.7 Å². The van der Waals surface area contributed by atoms with Crippen molar-refractivity contribution in [3.8, 4) is 0 Å². The number of benzene rings is 2. The van der Waals surface area contributed by atoms with Crippen molar-refractivity contribution < 1.29 is 37.4 Å². The molecule has 3 fully saturated rings. The Kier molecular flexibility index (Phi) is 11.8. The van der Waals surface area contributed by atoms with Crippen molar-refractivity contribution in [2.24, 2.45) is 17.1 Å². The number of hydrogen-bond donors (Lipinski definition) is 3. The summed E-state index contributed by atoms with van der Waals surface area (Å²) in [5.74, 6) is -3.36. The van der Waals surface area contributed by atoms with Crippen molar-refractivity contribution in [2.45, 2.75) is 31.9 Å². The number of amides is 2. The van der Waals surface area contributed by atoms with Crippen molar-refractivity contribution in [1.82, 2.24) is 9.80 Å². The SMILES string of the molecule is NCC1(C2CCOCC2)CCN(C(=O)C(=O)Nc2cccc(N3CCN(CCc4ccccc4)CC3)c2)C1.O=C(O)C(F)(F)F. The lowest BCUT2D eigenvalue weighted by Crippen LogP contribution is -2.47. The highest BCUT2D eigenvalue weighted by Crippen LogP contribution is 2.42. The molecule has 0 radical (unpaired) electrons. The number of anilines is 2. The highest BCUT2D eigenvalue weighted by Gasteiger charge is 2.46. The summed E-state index contributed by atoms with van der Waals surface area (Å²) >= 11 is 0. The lowest BCUT2D eigenvalue weighted by molar-refractivity contribution is -0.192. The Morgan fingerprint density at radius 3 is 2.27 bits per heavy atom. The van der Waals surface area contributed by atoms with E-state index in [4.69, 9.17) is 20.4 Å². The molecule has 4 N–H and O–H groups in total. The van der Waals surface area contributed by atoms with Crippen molar-refractivity contribution >= 4 is 29.2 Å². The zero-order valence-corrected chi connectivity index (χ0v) is 25.3. The number of aliphatic carboxylic acids is 1. The molecule has 246 valence electrons. The van der Waals surface area contributed by atoms with Crippen molar-refractivity contribution in [3.05, 3.63) is 60.2 Å². The zero-order chi connectivity index (χ0) is 32.5. The van der Waals surface area contributed by atoms with Crippen LogP contribution >= 0.6 is 0 Å². The fourth-order valence-electron chi connectivity index (χ4n) is 6.32. The second-order valence-corrected chi connectivity index (χ2v) is 11.8. The van der Waals surface area contributed by atoms with E-state index in [0.29, 0.717) is 31.2 Å². The molecule has 0 bridgehead atoms. The van der Waals surface area contributed by atoms with Crippen LogP contribution in [0.25, 0.3) is 0 Å². The standard InChI is InChI=1S/C30H41N5O3.C2HF3O2/c31-22-30(25-10-19-38-20-11-25)12-14-35(23-30)29(37)28(36)32-26-7-4-8-27(21-26)34-17-15-33(16-18-34)13-9-24-5-2-1-3-6-24;3-2(4,5)1(6)7/h1-8,21,25H,9-20,22-23,31H2,(H,32,36);(H,6,7). The number of piperazine rings is 1. The van der Waals surface area contributed by atoms with E-state index in [1.807, 2.05) is 18.2 Å². The van der Waals surface area contributed by atoms with Crippen LogP contribution in [0.4, 0.5) is 24.5 Å². The van der Waals surface area contributed by atoms with Crippen LogP contribution in [-0.4, -0.2) is 104 Å². The normalized spacial score (nSPS) is 21.2. The van der Waals surface area contributed by atoms with Gasteiger partial charge in [0.2, 0.25) is 0 Å². The van der Waals surface area contributed by atoms with Gasteiger partial charge in [0, 0.05) is 75.8 Å². The Morgan fingerprint density at radius 1 is 0.978 bits per heavy atom. The number of likely N-dealkylation sites (tertiary alicyclic amines) is 1. The van der Waals surface area contributed by atoms with Crippen molar-refractivity contribution in [3.63, 3.8) is 0 Å². The average molecular weight is 634 g/mol. The van der Waals surface area contributed by atoms with Crippen molar-refractivity contribution in [1.29, 1.82) is 0 Å². The molecule has 1 unspecified atom stereocenters. The summed E-state index contributed by atoms with van der Waals surface area (Å²) in [5.41, 5.74) is 9.20. The number of ether oxygens (including phenoxy) is 1. The molecule has 2 amide bonds. The number of carbonyl (C=O) groups is 3. The number of carboxylic acid groups (broad SMARTS) is 1. The quantitative estimate of drug-likeness (QED) is 0.397. The van der Waals surface area contributed by atoms with Crippen molar-refractivity contribution in [2.75, 3.05) is 75.8 Å². The first-order valence-electron chi connectivity index (χ1n) is 15.3. The molecule has 3 aliphatic rings. The van der Waals surface area contributed by atoms with Gasteiger partial charge in [-0.3, -0.25) is 14.5 Å². The molecule has 3 aliphatic heterocycles. The third-order valence-corrected chi connectivity index (χ3v) is 9.00. The first-order chi connectivity index (χ1) is 21.5. The number of carbonyl (C=O) groups excluding carboxylic acids is 2. The molecular formula is C32H42F3N5O5. The number of nitrogens with two attached hydrogens (primary N) is 1. The number of hydrogen-bond acceptors (Lipinski definition) is 7. The van der Waals surface area contributed by atoms with Gasteiger partial charge >= 0.3 is 24.0 Å². The summed E-state index contributed by atoms with van der Waals surface area (Å²) in [5, 5.41) is 9.98. The maximum Gasteiger partial charge on any atom is 0.490 e. The van der Waals surface area contributed by atoms with E-state index in [1.165, 1.54) is 5.56 Å². The summed E-state index contributed by atoms with van der Waals surface area (Å²) in [6.07, 6.45) is -1.23. The first-order valence-corrected chi connectivity index (χ1v) is 15.3. The van der Waals surface area contributed by atoms with Crippen LogP contribution < -0.4 is 16.0 Å². The van der Waals surface area contributed by atoms with Crippen LogP contribution in [0.1, 0.15) is 24.8 Å².